The quantitative estimate of drug-likeness (QED) is 0.889. The summed E-state index contributed by atoms with van der Waals surface area (Å²) in [5.41, 5.74) is 0.593. The van der Waals surface area contributed by atoms with Crippen LogP contribution in [0.3, 0.4) is 0 Å². The van der Waals surface area contributed by atoms with Crippen LogP contribution in [-0.4, -0.2) is 59.0 Å². The Morgan fingerprint density at radius 3 is 2.84 bits per heavy atom. The number of piperidine rings is 1. The summed E-state index contributed by atoms with van der Waals surface area (Å²) in [7, 11) is 0. The molecule has 3 heterocycles. The Kier molecular flexibility index (Phi) is 5.36. The molecule has 2 atom stereocenters. The third kappa shape index (κ3) is 3.90. The zero-order valence-corrected chi connectivity index (χ0v) is 15.0. The number of rotatable bonds is 5. The summed E-state index contributed by atoms with van der Waals surface area (Å²) in [5.74, 6) is 0.0879. The van der Waals surface area contributed by atoms with Crippen molar-refractivity contribution >= 4 is 5.91 Å². The highest BCUT2D eigenvalue weighted by Crippen LogP contribution is 2.27. The van der Waals surface area contributed by atoms with E-state index in [0.717, 1.165) is 58.3 Å². The van der Waals surface area contributed by atoms with Crippen molar-refractivity contribution in [1.29, 1.82) is 0 Å². The van der Waals surface area contributed by atoms with E-state index >= 15 is 0 Å². The maximum Gasteiger partial charge on any atom is 0.274 e. The summed E-state index contributed by atoms with van der Waals surface area (Å²) in [4.78, 5) is 15.3. The van der Waals surface area contributed by atoms with E-state index in [2.05, 4.69) is 15.3 Å². The van der Waals surface area contributed by atoms with Gasteiger partial charge in [0.05, 0.1) is 12.1 Å². The van der Waals surface area contributed by atoms with Crippen LogP contribution >= 0.6 is 0 Å². The summed E-state index contributed by atoms with van der Waals surface area (Å²) in [5, 5.41) is 8.06. The van der Waals surface area contributed by atoms with Crippen LogP contribution in [0.2, 0.25) is 0 Å². The van der Waals surface area contributed by atoms with Crippen molar-refractivity contribution in [2.75, 3.05) is 26.2 Å². The molecule has 3 aliphatic rings. The highest BCUT2D eigenvalue weighted by molar-refractivity contribution is 5.92. The van der Waals surface area contributed by atoms with Gasteiger partial charge in [0.1, 0.15) is 5.69 Å². The standard InChI is InChI=1S/C19H30N4O2/c24-19(18-9-11-23(21-18)16-7-3-10-20-13-16)22(15-5-1-2-6-15)14-17-8-4-12-25-17/h9,11,15-17,20H,1-8,10,12-14H2. The third-order valence-electron chi connectivity index (χ3n) is 5.92. The van der Waals surface area contributed by atoms with Crippen molar-refractivity contribution in [3.05, 3.63) is 18.0 Å². The van der Waals surface area contributed by atoms with E-state index in [-0.39, 0.29) is 12.0 Å². The second kappa shape index (κ2) is 7.87. The van der Waals surface area contributed by atoms with Gasteiger partial charge in [-0.05, 0) is 51.1 Å². The molecular formula is C19H30N4O2. The number of aromatic nitrogens is 2. The molecule has 1 aliphatic carbocycles. The van der Waals surface area contributed by atoms with Crippen LogP contribution < -0.4 is 5.32 Å². The molecule has 1 amide bonds. The predicted octanol–water partition coefficient (Wildman–Crippen LogP) is 2.37. The maximum absolute atomic E-state index is 13.2. The number of nitrogens with one attached hydrogen (secondary N) is 1. The smallest absolute Gasteiger partial charge is 0.274 e. The van der Waals surface area contributed by atoms with Crippen LogP contribution in [0.5, 0.6) is 0 Å². The first-order valence-electron chi connectivity index (χ1n) is 10.00. The fourth-order valence-electron chi connectivity index (χ4n) is 4.48. The topological polar surface area (TPSA) is 59.4 Å². The van der Waals surface area contributed by atoms with Gasteiger partial charge in [-0.2, -0.15) is 5.10 Å². The van der Waals surface area contributed by atoms with Crippen molar-refractivity contribution < 1.29 is 9.53 Å². The molecule has 0 radical (unpaired) electrons. The molecule has 3 fully saturated rings. The lowest BCUT2D eigenvalue weighted by Crippen LogP contribution is -2.43. The van der Waals surface area contributed by atoms with Gasteiger partial charge in [0.15, 0.2) is 0 Å². The van der Waals surface area contributed by atoms with Crippen LogP contribution in [0.1, 0.15) is 67.9 Å². The molecule has 25 heavy (non-hydrogen) atoms. The van der Waals surface area contributed by atoms with Crippen LogP contribution in [0, 0.1) is 0 Å². The van der Waals surface area contributed by atoms with Crippen LogP contribution in [0.4, 0.5) is 0 Å². The molecule has 138 valence electrons. The lowest BCUT2D eigenvalue weighted by molar-refractivity contribution is 0.0415. The lowest BCUT2D eigenvalue weighted by atomic mass is 10.1. The van der Waals surface area contributed by atoms with Crippen molar-refractivity contribution in [3.8, 4) is 0 Å². The number of nitrogens with zero attached hydrogens (tertiary/aromatic N) is 3. The first-order valence-corrected chi connectivity index (χ1v) is 10.00. The Morgan fingerprint density at radius 2 is 2.12 bits per heavy atom. The van der Waals surface area contributed by atoms with E-state index in [4.69, 9.17) is 4.74 Å². The van der Waals surface area contributed by atoms with E-state index < -0.39 is 0 Å². The number of carbonyl (C=O) groups excluding carboxylic acids is 1. The fourth-order valence-corrected chi connectivity index (χ4v) is 4.48. The van der Waals surface area contributed by atoms with E-state index in [1.165, 1.54) is 19.3 Å². The Bertz CT molecular complexity index is 570. The second-order valence-corrected chi connectivity index (χ2v) is 7.71. The summed E-state index contributed by atoms with van der Waals surface area (Å²) in [6, 6.07) is 2.63. The molecule has 6 nitrogen and oxygen atoms in total. The SMILES string of the molecule is O=C(c1ccn(C2CCCNC2)n1)N(CC1CCCO1)C1CCCC1. The summed E-state index contributed by atoms with van der Waals surface area (Å²) >= 11 is 0. The fraction of sp³-hybridized carbons (Fsp3) is 0.789. The van der Waals surface area contributed by atoms with Crippen LogP contribution in [0.15, 0.2) is 12.3 Å². The molecule has 2 saturated heterocycles. The zero-order valence-electron chi connectivity index (χ0n) is 15.0. The summed E-state index contributed by atoms with van der Waals surface area (Å²) in [6.07, 6.45) is 11.3. The number of amides is 1. The van der Waals surface area contributed by atoms with E-state index in [0.29, 0.717) is 17.8 Å². The zero-order chi connectivity index (χ0) is 17.1. The van der Waals surface area contributed by atoms with E-state index in [9.17, 15) is 4.79 Å². The molecule has 2 unspecified atom stereocenters. The third-order valence-corrected chi connectivity index (χ3v) is 5.92. The highest BCUT2D eigenvalue weighted by Gasteiger charge is 2.32. The van der Waals surface area contributed by atoms with E-state index in [1.807, 2.05) is 16.9 Å². The Hall–Kier alpha value is -1.40. The Labute approximate surface area is 149 Å². The molecule has 1 aromatic heterocycles. The van der Waals surface area contributed by atoms with Crippen molar-refractivity contribution in [2.45, 2.75) is 69.6 Å². The predicted molar refractivity (Wildman–Crippen MR) is 95.6 cm³/mol. The first kappa shape index (κ1) is 17.0. The number of carbonyl (C=O) groups is 1. The molecule has 2 aliphatic heterocycles. The molecular weight excluding hydrogens is 316 g/mol. The highest BCUT2D eigenvalue weighted by atomic mass is 16.5. The minimum atomic E-state index is 0.0879. The second-order valence-electron chi connectivity index (χ2n) is 7.71. The van der Waals surface area contributed by atoms with E-state index in [1.54, 1.807) is 0 Å². The van der Waals surface area contributed by atoms with Gasteiger partial charge in [0, 0.05) is 31.9 Å². The lowest BCUT2D eigenvalue weighted by Gasteiger charge is -2.30. The molecule has 1 saturated carbocycles. The van der Waals surface area contributed by atoms with Crippen molar-refractivity contribution in [3.63, 3.8) is 0 Å². The van der Waals surface area contributed by atoms with Gasteiger partial charge < -0.3 is 15.0 Å². The molecule has 1 aromatic rings. The first-order chi connectivity index (χ1) is 12.3. The van der Waals surface area contributed by atoms with Gasteiger partial charge in [-0.1, -0.05) is 12.8 Å². The Morgan fingerprint density at radius 1 is 1.24 bits per heavy atom. The molecule has 0 bridgehead atoms. The minimum absolute atomic E-state index is 0.0879. The van der Waals surface area contributed by atoms with Gasteiger partial charge in [-0.25, -0.2) is 0 Å². The molecule has 1 N–H and O–H groups in total. The minimum Gasteiger partial charge on any atom is -0.376 e. The number of hydrogen-bond donors (Lipinski definition) is 1. The summed E-state index contributed by atoms with van der Waals surface area (Å²) in [6.45, 7) is 3.58. The van der Waals surface area contributed by atoms with Gasteiger partial charge in [-0.3, -0.25) is 9.48 Å². The average molecular weight is 346 g/mol. The van der Waals surface area contributed by atoms with Gasteiger partial charge in [0.25, 0.3) is 5.91 Å². The molecule has 0 aromatic carbocycles. The normalized spacial score (nSPS) is 27.7. The van der Waals surface area contributed by atoms with Crippen molar-refractivity contribution in [1.82, 2.24) is 20.0 Å². The van der Waals surface area contributed by atoms with Crippen molar-refractivity contribution in [2.24, 2.45) is 0 Å². The Balaban J connectivity index is 1.47. The van der Waals surface area contributed by atoms with Crippen LogP contribution in [-0.2, 0) is 4.74 Å². The number of hydrogen-bond acceptors (Lipinski definition) is 4. The maximum atomic E-state index is 13.2. The average Bonchev–Trinajstić information content (AvgIpc) is 3.42. The summed E-state index contributed by atoms with van der Waals surface area (Å²) < 4.78 is 7.79. The molecule has 6 heteroatoms. The monoisotopic (exact) mass is 346 g/mol. The number of ether oxygens (including phenoxy) is 1. The van der Waals surface area contributed by atoms with Gasteiger partial charge >= 0.3 is 0 Å². The molecule has 4 rings (SSSR count). The molecule has 0 spiro atoms. The van der Waals surface area contributed by atoms with Crippen LogP contribution in [0.25, 0.3) is 0 Å². The van der Waals surface area contributed by atoms with Gasteiger partial charge in [0.2, 0.25) is 0 Å². The van der Waals surface area contributed by atoms with Gasteiger partial charge in [-0.15, -0.1) is 0 Å². The largest absolute Gasteiger partial charge is 0.376 e.